The van der Waals surface area contributed by atoms with E-state index < -0.39 is 47.3 Å². The van der Waals surface area contributed by atoms with E-state index in [1.54, 1.807) is 11.0 Å². The zero-order chi connectivity index (χ0) is 38.1. The summed E-state index contributed by atoms with van der Waals surface area (Å²) in [6, 6.07) is 8.26. The number of fused-ring (bicyclic) bond motifs is 1. The van der Waals surface area contributed by atoms with Crippen LogP contribution in [0, 0.1) is 23.7 Å². The molecular formula is C42H53N5O6S. The van der Waals surface area contributed by atoms with Crippen LogP contribution in [0.5, 0.6) is 0 Å². The van der Waals surface area contributed by atoms with Crippen LogP contribution < -0.4 is 16.0 Å². The maximum absolute atomic E-state index is 15.4. The van der Waals surface area contributed by atoms with Gasteiger partial charge in [-0.05, 0) is 84.8 Å². The maximum atomic E-state index is 15.4. The second-order valence-corrected chi connectivity index (χ2v) is 17.4. The number of benzene rings is 1. The summed E-state index contributed by atoms with van der Waals surface area (Å²) >= 11 is 1.33. The molecule has 1 aromatic carbocycles. The molecule has 2 aliphatic heterocycles. The van der Waals surface area contributed by atoms with Crippen molar-refractivity contribution in [3.8, 4) is 0 Å². The molecule has 0 bridgehead atoms. The van der Waals surface area contributed by atoms with Gasteiger partial charge in [-0.1, -0.05) is 82.4 Å². The molecule has 4 fully saturated rings. The highest BCUT2D eigenvalue weighted by molar-refractivity contribution is 7.12. The summed E-state index contributed by atoms with van der Waals surface area (Å²) in [5.41, 5.74) is 1.59. The van der Waals surface area contributed by atoms with E-state index in [-0.39, 0.29) is 47.9 Å². The minimum absolute atomic E-state index is 0.0494. The number of Topliss-reactive ketones (excluding diaryl/α,β-unsaturated/α-hetero) is 1. The SMILES string of the molecule is C=CCNC(=O)C(=O)C(CC1CC1)NC(=O)[C@@H]1[C@@H](C(C)C)CCN1C(=O)[C@H](C1Cc2ccccc2C1)N1C(=O)C(NC(=O)c2cccs2)C12CCCCC2. The summed E-state index contributed by atoms with van der Waals surface area (Å²) in [7, 11) is 0. The molecule has 0 radical (unpaired) electrons. The molecule has 2 saturated heterocycles. The predicted octanol–water partition coefficient (Wildman–Crippen LogP) is 4.20. The molecule has 11 nitrogen and oxygen atoms in total. The van der Waals surface area contributed by atoms with E-state index in [9.17, 15) is 24.0 Å². The highest BCUT2D eigenvalue weighted by Crippen LogP contribution is 2.49. The van der Waals surface area contributed by atoms with Gasteiger partial charge in [0.05, 0.1) is 16.5 Å². The molecule has 7 rings (SSSR count). The van der Waals surface area contributed by atoms with Crippen molar-refractivity contribution in [1.29, 1.82) is 0 Å². The number of nitrogens with zero attached hydrogens (tertiary/aromatic N) is 2. The lowest BCUT2D eigenvalue weighted by atomic mass is 9.66. The molecular weight excluding hydrogens is 703 g/mol. The molecule has 2 saturated carbocycles. The fourth-order valence-corrected chi connectivity index (χ4v) is 10.4. The van der Waals surface area contributed by atoms with E-state index >= 15 is 4.79 Å². The summed E-state index contributed by atoms with van der Waals surface area (Å²) < 4.78 is 0. The smallest absolute Gasteiger partial charge is 0.289 e. The molecule has 2 aromatic rings. The topological polar surface area (TPSA) is 145 Å². The number of carbonyl (C=O) groups is 6. The van der Waals surface area contributed by atoms with Gasteiger partial charge in [-0.25, -0.2) is 0 Å². The Bertz CT molecular complexity index is 1760. The molecule has 2 unspecified atom stereocenters. The van der Waals surface area contributed by atoms with Crippen LogP contribution in [-0.2, 0) is 36.8 Å². The van der Waals surface area contributed by atoms with Gasteiger partial charge in [-0.2, -0.15) is 0 Å². The van der Waals surface area contributed by atoms with Crippen molar-refractivity contribution in [2.24, 2.45) is 23.7 Å². The highest BCUT2D eigenvalue weighted by atomic mass is 32.1. The van der Waals surface area contributed by atoms with E-state index in [0.29, 0.717) is 49.9 Å². The van der Waals surface area contributed by atoms with Crippen LogP contribution in [-0.4, -0.2) is 87.9 Å². The maximum Gasteiger partial charge on any atom is 0.289 e. The van der Waals surface area contributed by atoms with Crippen LogP contribution in [0.2, 0.25) is 0 Å². The van der Waals surface area contributed by atoms with Crippen LogP contribution in [0.25, 0.3) is 0 Å². The van der Waals surface area contributed by atoms with E-state index in [2.05, 4.69) is 34.7 Å². The Morgan fingerprint density at radius 3 is 2.30 bits per heavy atom. The molecule has 1 aromatic heterocycles. The van der Waals surface area contributed by atoms with Crippen molar-refractivity contribution in [2.75, 3.05) is 13.1 Å². The number of amides is 5. The number of rotatable bonds is 14. The van der Waals surface area contributed by atoms with Crippen LogP contribution in [0.3, 0.4) is 0 Å². The van der Waals surface area contributed by atoms with Crippen molar-refractivity contribution < 1.29 is 28.8 Å². The monoisotopic (exact) mass is 755 g/mol. The van der Waals surface area contributed by atoms with Crippen LogP contribution in [0.15, 0.2) is 54.4 Å². The number of likely N-dealkylation sites (tertiary alicyclic amines) is 2. The minimum Gasteiger partial charge on any atom is -0.346 e. The number of β-lactam (4-membered cyclic amide) rings is 1. The minimum atomic E-state index is -1.00. The van der Waals surface area contributed by atoms with Crippen molar-refractivity contribution in [3.05, 3.63) is 70.4 Å². The molecule has 5 amide bonds. The Labute approximate surface area is 321 Å². The summed E-state index contributed by atoms with van der Waals surface area (Å²) in [6.07, 6.45) is 9.68. The van der Waals surface area contributed by atoms with Gasteiger partial charge in [-0.15, -0.1) is 17.9 Å². The summed E-state index contributed by atoms with van der Waals surface area (Å²) in [5, 5.41) is 10.4. The Morgan fingerprint density at radius 1 is 0.981 bits per heavy atom. The lowest BCUT2D eigenvalue weighted by molar-refractivity contribution is -0.183. The standard InChI is InChI=1S/C42H53N5O6S/c1-4-19-43-39(51)35(48)31(22-26-14-15-26)44-38(50)34-30(25(2)3)16-20-46(34)40(52)33(29-23-27-11-6-7-12-28(27)24-29)47-41(53)36(42(47)17-8-5-9-18-42)45-37(49)32-13-10-21-54-32/h4,6-7,10-13,21,25-26,29-31,33-34,36H,1,5,8-9,14-20,22-24H2,2-3H3,(H,43,51)(H,44,50)(H,45,49)/t30-,31?,33+,34+,36?/m1/s1. The highest BCUT2D eigenvalue weighted by Gasteiger charge is 2.65. The van der Waals surface area contributed by atoms with Gasteiger partial charge >= 0.3 is 0 Å². The van der Waals surface area contributed by atoms with Gasteiger partial charge in [0.25, 0.3) is 11.8 Å². The molecule has 3 heterocycles. The fourth-order valence-electron chi connectivity index (χ4n) is 9.77. The number of carbonyl (C=O) groups excluding carboxylic acids is 6. The average Bonchev–Trinajstić information content (AvgIpc) is 3.54. The Morgan fingerprint density at radius 2 is 1.69 bits per heavy atom. The molecule has 3 N–H and O–H groups in total. The fraction of sp³-hybridized carbons (Fsp3) is 0.571. The molecule has 54 heavy (non-hydrogen) atoms. The predicted molar refractivity (Wildman–Crippen MR) is 205 cm³/mol. The molecule has 1 spiro atoms. The first-order chi connectivity index (χ1) is 26.0. The first-order valence-electron chi connectivity index (χ1n) is 19.8. The van der Waals surface area contributed by atoms with Crippen molar-refractivity contribution in [3.63, 3.8) is 0 Å². The molecule has 288 valence electrons. The summed E-state index contributed by atoms with van der Waals surface area (Å²) in [5.74, 6) is -2.80. The molecule has 5 atom stereocenters. The Balaban J connectivity index is 1.21. The lowest BCUT2D eigenvalue weighted by Crippen LogP contribution is -2.83. The zero-order valence-corrected chi connectivity index (χ0v) is 32.2. The third kappa shape index (κ3) is 7.25. The van der Waals surface area contributed by atoms with E-state index in [1.165, 1.54) is 17.4 Å². The summed E-state index contributed by atoms with van der Waals surface area (Å²) in [6.45, 7) is 8.16. The van der Waals surface area contributed by atoms with Gasteiger partial charge in [0.1, 0.15) is 18.1 Å². The number of hydrogen-bond donors (Lipinski definition) is 3. The van der Waals surface area contributed by atoms with Crippen molar-refractivity contribution >= 4 is 46.7 Å². The van der Waals surface area contributed by atoms with Gasteiger partial charge in [0, 0.05) is 13.1 Å². The molecule has 5 aliphatic rings. The third-order valence-electron chi connectivity index (χ3n) is 12.7. The van der Waals surface area contributed by atoms with Gasteiger partial charge in [0.15, 0.2) is 0 Å². The van der Waals surface area contributed by atoms with Crippen LogP contribution >= 0.6 is 11.3 Å². The quantitative estimate of drug-likeness (QED) is 0.150. The van der Waals surface area contributed by atoms with E-state index in [0.717, 1.165) is 43.2 Å². The van der Waals surface area contributed by atoms with Gasteiger partial charge in [0.2, 0.25) is 23.5 Å². The third-order valence-corrected chi connectivity index (χ3v) is 13.6. The first-order valence-corrected chi connectivity index (χ1v) is 20.7. The van der Waals surface area contributed by atoms with E-state index in [1.807, 2.05) is 42.3 Å². The normalized spacial score (nSPS) is 24.4. The summed E-state index contributed by atoms with van der Waals surface area (Å²) in [4.78, 5) is 88.1. The van der Waals surface area contributed by atoms with Crippen molar-refractivity contribution in [2.45, 2.75) is 114 Å². The zero-order valence-electron chi connectivity index (χ0n) is 31.4. The lowest BCUT2D eigenvalue weighted by Gasteiger charge is -2.62. The van der Waals surface area contributed by atoms with E-state index in [4.69, 9.17) is 0 Å². The van der Waals surface area contributed by atoms with Gasteiger partial charge in [-0.3, -0.25) is 28.8 Å². The number of ketones is 1. The number of hydrogen-bond acceptors (Lipinski definition) is 7. The largest absolute Gasteiger partial charge is 0.346 e. The van der Waals surface area contributed by atoms with Crippen LogP contribution in [0.1, 0.15) is 92.4 Å². The molecule has 12 heteroatoms. The number of nitrogens with one attached hydrogen (secondary N) is 3. The average molecular weight is 756 g/mol. The molecule has 3 aliphatic carbocycles. The van der Waals surface area contributed by atoms with Crippen molar-refractivity contribution in [1.82, 2.24) is 25.8 Å². The van der Waals surface area contributed by atoms with Crippen LogP contribution in [0.4, 0.5) is 0 Å². The Kier molecular flexibility index (Phi) is 11.1. The Hall–Kier alpha value is -4.32. The number of thiophene rings is 1. The second kappa shape index (κ2) is 15.8. The first kappa shape index (κ1) is 38.0. The second-order valence-electron chi connectivity index (χ2n) is 16.4. The van der Waals surface area contributed by atoms with Gasteiger partial charge < -0.3 is 25.8 Å².